The second-order valence-electron chi connectivity index (χ2n) is 2.79. The summed E-state index contributed by atoms with van der Waals surface area (Å²) < 4.78 is 5.69. The van der Waals surface area contributed by atoms with Crippen molar-refractivity contribution in [3.63, 3.8) is 0 Å². The molecule has 0 aliphatic carbocycles. The van der Waals surface area contributed by atoms with Crippen LogP contribution in [0.2, 0.25) is 0 Å². The highest BCUT2D eigenvalue weighted by Gasteiger charge is 1.99. The minimum Gasteiger partial charge on any atom is -0.383 e. The van der Waals surface area contributed by atoms with E-state index in [1.807, 2.05) is 0 Å². The van der Waals surface area contributed by atoms with Crippen molar-refractivity contribution in [3.05, 3.63) is 11.1 Å². The molecule has 14 heavy (non-hydrogen) atoms. The monoisotopic (exact) mass is 264 g/mol. The maximum atomic E-state index is 11.1. The molecule has 0 aromatic heterocycles. The van der Waals surface area contributed by atoms with Crippen molar-refractivity contribution in [1.82, 2.24) is 10.6 Å². The zero-order valence-electron chi connectivity index (χ0n) is 8.44. The van der Waals surface area contributed by atoms with Crippen LogP contribution in [-0.2, 0) is 9.53 Å². The molecule has 0 saturated carbocycles. The first-order valence-electron chi connectivity index (χ1n) is 4.46. The van der Waals surface area contributed by atoms with Gasteiger partial charge in [0.15, 0.2) is 0 Å². The lowest BCUT2D eigenvalue weighted by Crippen LogP contribution is -2.30. The zero-order chi connectivity index (χ0) is 10.8. The van der Waals surface area contributed by atoms with E-state index in [4.69, 9.17) is 4.74 Å². The molecule has 0 aromatic carbocycles. The molecule has 0 unspecified atom stereocenters. The van der Waals surface area contributed by atoms with E-state index in [-0.39, 0.29) is 5.91 Å². The Morgan fingerprint density at radius 2 is 2.21 bits per heavy atom. The average Bonchev–Trinajstić information content (AvgIpc) is 2.13. The molecule has 1 amide bonds. The number of carbonyl (C=O) groups is 1. The van der Waals surface area contributed by atoms with Crippen molar-refractivity contribution >= 4 is 21.8 Å². The molecule has 0 spiro atoms. The molecule has 0 heterocycles. The summed E-state index contributed by atoms with van der Waals surface area (Å²) in [6.45, 7) is 6.13. The number of halogens is 1. The van der Waals surface area contributed by atoms with E-state index in [2.05, 4.69) is 33.1 Å². The smallest absolute Gasteiger partial charge is 0.221 e. The molecular formula is C9H17BrN2O2. The Balaban J connectivity index is 3.22. The van der Waals surface area contributed by atoms with E-state index in [1.54, 1.807) is 7.11 Å². The van der Waals surface area contributed by atoms with Gasteiger partial charge in [-0.25, -0.2) is 0 Å². The van der Waals surface area contributed by atoms with Crippen LogP contribution >= 0.6 is 15.9 Å². The van der Waals surface area contributed by atoms with Crippen LogP contribution in [0.3, 0.4) is 0 Å². The van der Waals surface area contributed by atoms with Crippen LogP contribution < -0.4 is 10.6 Å². The van der Waals surface area contributed by atoms with Crippen molar-refractivity contribution in [2.24, 2.45) is 0 Å². The number of carbonyl (C=O) groups excluding carboxylic acids is 1. The third-order valence-electron chi connectivity index (χ3n) is 1.47. The summed E-state index contributed by atoms with van der Waals surface area (Å²) in [5.41, 5.74) is 0. The highest BCUT2D eigenvalue weighted by molar-refractivity contribution is 9.11. The van der Waals surface area contributed by atoms with Crippen LogP contribution in [0.25, 0.3) is 0 Å². The summed E-state index contributed by atoms with van der Waals surface area (Å²) in [7, 11) is 1.61. The Kier molecular flexibility index (Phi) is 8.92. The lowest BCUT2D eigenvalue weighted by atomic mass is 10.4. The first-order valence-corrected chi connectivity index (χ1v) is 5.25. The van der Waals surface area contributed by atoms with Gasteiger partial charge < -0.3 is 15.4 Å². The fourth-order valence-corrected chi connectivity index (χ4v) is 1.01. The summed E-state index contributed by atoms with van der Waals surface area (Å²) in [6, 6.07) is 0. The Morgan fingerprint density at radius 1 is 1.50 bits per heavy atom. The minimum absolute atomic E-state index is 0.0368. The molecule has 4 nitrogen and oxygen atoms in total. The van der Waals surface area contributed by atoms with E-state index >= 15 is 0 Å². The van der Waals surface area contributed by atoms with E-state index in [1.165, 1.54) is 0 Å². The molecule has 5 heteroatoms. The standard InChI is InChI=1S/C9H17BrN2O2/c1-8(10)7-11-4-3-9(13)12-5-6-14-2/h11H,1,3-7H2,2H3,(H,12,13). The number of hydrogen-bond acceptors (Lipinski definition) is 3. The Morgan fingerprint density at radius 3 is 2.79 bits per heavy atom. The lowest BCUT2D eigenvalue weighted by molar-refractivity contribution is -0.121. The number of hydrogen-bond donors (Lipinski definition) is 2. The number of rotatable bonds is 8. The Bertz CT molecular complexity index is 186. The van der Waals surface area contributed by atoms with Gasteiger partial charge in [0.1, 0.15) is 0 Å². The number of nitrogens with one attached hydrogen (secondary N) is 2. The van der Waals surface area contributed by atoms with Gasteiger partial charge in [-0.1, -0.05) is 22.5 Å². The van der Waals surface area contributed by atoms with Gasteiger partial charge in [0.05, 0.1) is 6.61 Å². The quantitative estimate of drug-likeness (QED) is 0.633. The highest BCUT2D eigenvalue weighted by Crippen LogP contribution is 1.96. The largest absolute Gasteiger partial charge is 0.383 e. The van der Waals surface area contributed by atoms with Gasteiger partial charge in [-0.2, -0.15) is 0 Å². The molecular weight excluding hydrogens is 248 g/mol. The van der Waals surface area contributed by atoms with Crippen molar-refractivity contribution in [2.45, 2.75) is 6.42 Å². The van der Waals surface area contributed by atoms with Crippen LogP contribution in [0.15, 0.2) is 11.1 Å². The molecule has 82 valence electrons. The van der Waals surface area contributed by atoms with E-state index < -0.39 is 0 Å². The van der Waals surface area contributed by atoms with Gasteiger partial charge in [0, 0.05) is 37.6 Å². The molecule has 2 N–H and O–H groups in total. The van der Waals surface area contributed by atoms with Crippen LogP contribution in [0.5, 0.6) is 0 Å². The molecule has 0 bridgehead atoms. The van der Waals surface area contributed by atoms with E-state index in [9.17, 15) is 4.79 Å². The van der Waals surface area contributed by atoms with Gasteiger partial charge >= 0.3 is 0 Å². The van der Waals surface area contributed by atoms with Crippen LogP contribution in [-0.4, -0.2) is 39.3 Å². The average molecular weight is 265 g/mol. The van der Waals surface area contributed by atoms with Gasteiger partial charge in [-0.3, -0.25) is 4.79 Å². The number of amides is 1. The van der Waals surface area contributed by atoms with Crippen molar-refractivity contribution < 1.29 is 9.53 Å². The molecule has 0 radical (unpaired) electrons. The topological polar surface area (TPSA) is 50.4 Å². The van der Waals surface area contributed by atoms with Crippen LogP contribution in [0, 0.1) is 0 Å². The summed E-state index contributed by atoms with van der Waals surface area (Å²) in [5, 5.41) is 5.80. The van der Waals surface area contributed by atoms with E-state index in [0.29, 0.717) is 32.7 Å². The summed E-state index contributed by atoms with van der Waals surface area (Å²) in [5.74, 6) is 0.0368. The molecule has 0 aromatic rings. The third-order valence-corrected chi connectivity index (χ3v) is 1.75. The fourth-order valence-electron chi connectivity index (χ4n) is 0.807. The molecule has 0 atom stereocenters. The highest BCUT2D eigenvalue weighted by atomic mass is 79.9. The zero-order valence-corrected chi connectivity index (χ0v) is 10.0. The van der Waals surface area contributed by atoms with E-state index in [0.717, 1.165) is 4.48 Å². The van der Waals surface area contributed by atoms with Crippen molar-refractivity contribution in [1.29, 1.82) is 0 Å². The maximum Gasteiger partial charge on any atom is 0.221 e. The lowest BCUT2D eigenvalue weighted by Gasteiger charge is -2.05. The van der Waals surface area contributed by atoms with Crippen LogP contribution in [0.4, 0.5) is 0 Å². The molecule has 0 rings (SSSR count). The van der Waals surface area contributed by atoms with Crippen molar-refractivity contribution in [2.75, 3.05) is 33.4 Å². The molecule has 0 aliphatic rings. The van der Waals surface area contributed by atoms with Gasteiger partial charge in [0.2, 0.25) is 5.91 Å². The molecule has 0 saturated heterocycles. The van der Waals surface area contributed by atoms with Gasteiger partial charge in [0.25, 0.3) is 0 Å². The Hall–Kier alpha value is -0.390. The predicted octanol–water partition coefficient (Wildman–Crippen LogP) is 0.637. The SMILES string of the molecule is C=C(Br)CNCCC(=O)NCCOC. The number of methoxy groups -OCH3 is 1. The second-order valence-corrected chi connectivity index (χ2v) is 3.91. The summed E-state index contributed by atoms with van der Waals surface area (Å²) >= 11 is 3.22. The van der Waals surface area contributed by atoms with Crippen molar-refractivity contribution in [3.8, 4) is 0 Å². The maximum absolute atomic E-state index is 11.1. The van der Waals surface area contributed by atoms with Crippen LogP contribution in [0.1, 0.15) is 6.42 Å². The predicted molar refractivity (Wildman–Crippen MR) is 60.4 cm³/mol. The summed E-state index contributed by atoms with van der Waals surface area (Å²) in [6.07, 6.45) is 0.476. The third kappa shape index (κ3) is 9.70. The minimum atomic E-state index is 0.0368. The first kappa shape index (κ1) is 13.6. The Labute approximate surface area is 93.2 Å². The summed E-state index contributed by atoms with van der Waals surface area (Å²) in [4.78, 5) is 11.1. The normalized spacial score (nSPS) is 9.86. The fraction of sp³-hybridized carbons (Fsp3) is 0.667. The first-order chi connectivity index (χ1) is 6.66. The molecule has 0 fully saturated rings. The second kappa shape index (κ2) is 9.18. The van der Waals surface area contributed by atoms with Gasteiger partial charge in [-0.05, 0) is 0 Å². The number of ether oxygens (including phenoxy) is 1. The van der Waals surface area contributed by atoms with Gasteiger partial charge in [-0.15, -0.1) is 0 Å². The molecule has 0 aliphatic heterocycles.